The molecule has 0 N–H and O–H groups in total. The molecule has 0 amide bonds. The summed E-state index contributed by atoms with van der Waals surface area (Å²) in [5.41, 5.74) is 3.58. The smallest absolute Gasteiger partial charge is 0.196 e. The number of hydrogen-bond donors (Lipinski definition) is 0. The molecule has 0 saturated carbocycles. The Morgan fingerprint density at radius 3 is 2.17 bits per heavy atom. The first-order valence-electron chi connectivity index (χ1n) is 10.9. The maximum atomic E-state index is 9.04. The van der Waals surface area contributed by atoms with Gasteiger partial charge >= 0.3 is 0 Å². The molecule has 5 nitrogen and oxygen atoms in total. The molecule has 0 fully saturated rings. The van der Waals surface area contributed by atoms with Crippen LogP contribution in [0, 0.1) is 11.3 Å². The minimum absolute atomic E-state index is 0.643. The summed E-state index contributed by atoms with van der Waals surface area (Å²) in [6.45, 7) is 0. The highest BCUT2D eigenvalue weighted by atomic mass is 35.5. The summed E-state index contributed by atoms with van der Waals surface area (Å²) in [4.78, 5) is 0. The number of nitriles is 1. The Balaban J connectivity index is 1.46. The lowest BCUT2D eigenvalue weighted by Gasteiger charge is -2.12. The summed E-state index contributed by atoms with van der Waals surface area (Å²) in [5, 5.41) is 19.4. The molecular formula is C28H19ClN4OS. The van der Waals surface area contributed by atoms with Crippen LogP contribution in [-0.4, -0.2) is 14.8 Å². The van der Waals surface area contributed by atoms with Gasteiger partial charge in [0.2, 0.25) is 0 Å². The summed E-state index contributed by atoms with van der Waals surface area (Å²) in [7, 11) is 0. The van der Waals surface area contributed by atoms with Crippen molar-refractivity contribution in [3.8, 4) is 34.6 Å². The third-order valence-corrected chi connectivity index (χ3v) is 6.51. The number of benzene rings is 4. The standard InChI is InChI=1S/C28H19ClN4OS/c29-23-12-10-22(11-13-23)27-31-32-28(35-19-21-8-6-20(18-30)7-9-21)33(27)24-14-16-26(17-15-24)34-25-4-2-1-3-5-25/h1-17H,19H2. The minimum Gasteiger partial charge on any atom is -0.457 e. The Morgan fingerprint density at radius 1 is 0.800 bits per heavy atom. The molecule has 0 saturated heterocycles. The molecule has 0 bridgehead atoms. The molecule has 0 unspecified atom stereocenters. The van der Waals surface area contributed by atoms with E-state index in [0.717, 1.165) is 39.3 Å². The number of halogens is 1. The van der Waals surface area contributed by atoms with Gasteiger partial charge in [0.15, 0.2) is 11.0 Å². The number of para-hydroxylation sites is 1. The monoisotopic (exact) mass is 494 g/mol. The van der Waals surface area contributed by atoms with Crippen LogP contribution in [0.2, 0.25) is 5.02 Å². The molecule has 0 aliphatic rings. The first kappa shape index (κ1) is 22.7. The lowest BCUT2D eigenvalue weighted by atomic mass is 10.2. The van der Waals surface area contributed by atoms with Crippen LogP contribution < -0.4 is 4.74 Å². The van der Waals surface area contributed by atoms with Gasteiger partial charge < -0.3 is 4.74 Å². The van der Waals surface area contributed by atoms with Gasteiger partial charge in [-0.3, -0.25) is 4.57 Å². The SMILES string of the molecule is N#Cc1ccc(CSc2nnc(-c3ccc(Cl)cc3)n2-c2ccc(Oc3ccccc3)cc2)cc1. The fraction of sp³-hybridized carbons (Fsp3) is 0.0357. The Hall–Kier alpha value is -4.05. The van der Waals surface area contributed by atoms with Gasteiger partial charge in [-0.2, -0.15) is 5.26 Å². The largest absolute Gasteiger partial charge is 0.457 e. The van der Waals surface area contributed by atoms with E-state index in [0.29, 0.717) is 16.3 Å². The molecule has 7 heteroatoms. The van der Waals surface area contributed by atoms with Crippen molar-refractivity contribution in [2.24, 2.45) is 0 Å². The van der Waals surface area contributed by atoms with E-state index in [1.165, 1.54) is 0 Å². The van der Waals surface area contributed by atoms with E-state index in [1.54, 1.807) is 11.8 Å². The highest BCUT2D eigenvalue weighted by molar-refractivity contribution is 7.98. The van der Waals surface area contributed by atoms with E-state index in [1.807, 2.05) is 108 Å². The molecule has 35 heavy (non-hydrogen) atoms. The zero-order valence-corrected chi connectivity index (χ0v) is 20.1. The first-order chi connectivity index (χ1) is 17.2. The molecule has 0 atom stereocenters. The van der Waals surface area contributed by atoms with Crippen molar-refractivity contribution in [1.29, 1.82) is 5.26 Å². The Bertz CT molecular complexity index is 1460. The Kier molecular flexibility index (Phi) is 6.80. The number of hydrogen-bond acceptors (Lipinski definition) is 5. The average molecular weight is 495 g/mol. The van der Waals surface area contributed by atoms with Crippen molar-refractivity contribution in [2.45, 2.75) is 10.9 Å². The third kappa shape index (κ3) is 5.38. The molecule has 5 rings (SSSR count). The number of aromatic nitrogens is 3. The van der Waals surface area contributed by atoms with Crippen molar-refractivity contribution >= 4 is 23.4 Å². The zero-order valence-electron chi connectivity index (χ0n) is 18.5. The first-order valence-corrected chi connectivity index (χ1v) is 12.2. The fourth-order valence-electron chi connectivity index (χ4n) is 3.49. The van der Waals surface area contributed by atoms with Gasteiger partial charge in [-0.15, -0.1) is 10.2 Å². The maximum Gasteiger partial charge on any atom is 0.196 e. The molecule has 4 aromatic carbocycles. The summed E-state index contributed by atoms with van der Waals surface area (Å²) in [6.07, 6.45) is 0. The van der Waals surface area contributed by atoms with E-state index in [-0.39, 0.29) is 0 Å². The molecule has 0 spiro atoms. The Morgan fingerprint density at radius 2 is 1.49 bits per heavy atom. The molecule has 1 aromatic heterocycles. The molecule has 0 aliphatic carbocycles. The van der Waals surface area contributed by atoms with Gasteiger partial charge in [0.25, 0.3) is 0 Å². The zero-order chi connectivity index (χ0) is 24.0. The predicted octanol–water partition coefficient (Wildman–Crippen LogP) is 7.54. The highest BCUT2D eigenvalue weighted by Gasteiger charge is 2.17. The number of rotatable bonds is 7. The molecule has 1 heterocycles. The number of ether oxygens (including phenoxy) is 1. The van der Waals surface area contributed by atoms with Crippen LogP contribution in [0.25, 0.3) is 17.1 Å². The maximum absolute atomic E-state index is 9.04. The molecule has 170 valence electrons. The highest BCUT2D eigenvalue weighted by Crippen LogP contribution is 2.31. The normalized spacial score (nSPS) is 10.6. The minimum atomic E-state index is 0.643. The fourth-order valence-corrected chi connectivity index (χ4v) is 4.53. The number of thioether (sulfide) groups is 1. The third-order valence-electron chi connectivity index (χ3n) is 5.26. The van der Waals surface area contributed by atoms with Crippen molar-refractivity contribution in [3.05, 3.63) is 119 Å². The molecule has 0 radical (unpaired) electrons. The predicted molar refractivity (Wildman–Crippen MR) is 139 cm³/mol. The summed E-state index contributed by atoms with van der Waals surface area (Å²) < 4.78 is 7.98. The van der Waals surface area contributed by atoms with E-state index in [2.05, 4.69) is 16.3 Å². The van der Waals surface area contributed by atoms with Crippen LogP contribution in [0.3, 0.4) is 0 Å². The van der Waals surface area contributed by atoms with Crippen molar-refractivity contribution in [2.75, 3.05) is 0 Å². The lowest BCUT2D eigenvalue weighted by molar-refractivity contribution is 0.482. The molecule has 0 aliphatic heterocycles. The van der Waals surface area contributed by atoms with Crippen LogP contribution in [0.15, 0.2) is 108 Å². The summed E-state index contributed by atoms with van der Waals surface area (Å²) in [6, 6.07) is 34.8. The van der Waals surface area contributed by atoms with Gasteiger partial charge in [0.05, 0.1) is 11.6 Å². The summed E-state index contributed by atoms with van der Waals surface area (Å²) in [5.74, 6) is 2.94. The average Bonchev–Trinajstić information content (AvgIpc) is 3.33. The van der Waals surface area contributed by atoms with Gasteiger partial charge in [-0.25, -0.2) is 0 Å². The van der Waals surface area contributed by atoms with Gasteiger partial charge in [0, 0.05) is 22.0 Å². The molecule has 5 aromatic rings. The second kappa shape index (κ2) is 10.5. The van der Waals surface area contributed by atoms with E-state index in [9.17, 15) is 0 Å². The Labute approximate surface area is 212 Å². The van der Waals surface area contributed by atoms with Crippen LogP contribution >= 0.6 is 23.4 Å². The van der Waals surface area contributed by atoms with Gasteiger partial charge in [0.1, 0.15) is 11.5 Å². The van der Waals surface area contributed by atoms with E-state index < -0.39 is 0 Å². The quantitative estimate of drug-likeness (QED) is 0.219. The van der Waals surface area contributed by atoms with Crippen LogP contribution in [-0.2, 0) is 5.75 Å². The van der Waals surface area contributed by atoms with Gasteiger partial charge in [-0.1, -0.05) is 53.7 Å². The van der Waals surface area contributed by atoms with Crippen molar-refractivity contribution < 1.29 is 4.74 Å². The van der Waals surface area contributed by atoms with Crippen LogP contribution in [0.4, 0.5) is 0 Å². The van der Waals surface area contributed by atoms with Gasteiger partial charge in [-0.05, 0) is 78.4 Å². The summed E-state index contributed by atoms with van der Waals surface area (Å²) >= 11 is 7.69. The van der Waals surface area contributed by atoms with E-state index in [4.69, 9.17) is 21.6 Å². The second-order valence-electron chi connectivity index (χ2n) is 7.65. The lowest BCUT2D eigenvalue weighted by Crippen LogP contribution is -2.00. The topological polar surface area (TPSA) is 63.7 Å². The molecular weight excluding hydrogens is 476 g/mol. The second-order valence-corrected chi connectivity index (χ2v) is 9.03. The van der Waals surface area contributed by atoms with Crippen LogP contribution in [0.1, 0.15) is 11.1 Å². The van der Waals surface area contributed by atoms with Crippen molar-refractivity contribution in [3.63, 3.8) is 0 Å². The van der Waals surface area contributed by atoms with Crippen LogP contribution in [0.5, 0.6) is 11.5 Å². The van der Waals surface area contributed by atoms with E-state index >= 15 is 0 Å². The van der Waals surface area contributed by atoms with Crippen molar-refractivity contribution in [1.82, 2.24) is 14.8 Å². The number of nitrogens with zero attached hydrogens (tertiary/aromatic N) is 4.